The van der Waals surface area contributed by atoms with Crippen LogP contribution in [-0.2, 0) is 6.18 Å². The molecule has 4 rings (SSSR count). The van der Waals surface area contributed by atoms with E-state index in [2.05, 4.69) is 4.98 Å². The van der Waals surface area contributed by atoms with Gasteiger partial charge in [-0.25, -0.2) is 0 Å². The Morgan fingerprint density at radius 2 is 1.73 bits per heavy atom. The van der Waals surface area contributed by atoms with E-state index < -0.39 is 22.4 Å². The van der Waals surface area contributed by atoms with Crippen molar-refractivity contribution in [1.82, 2.24) is 14.5 Å². The number of nitrogens with zero attached hydrogens (tertiary/aromatic N) is 4. The van der Waals surface area contributed by atoms with Gasteiger partial charge in [0.1, 0.15) is 11.4 Å². The number of aromatic nitrogens is 2. The van der Waals surface area contributed by atoms with Gasteiger partial charge in [0.2, 0.25) is 0 Å². The summed E-state index contributed by atoms with van der Waals surface area (Å²) in [6, 6.07) is 11.6. The first kappa shape index (κ1) is 22.5. The minimum atomic E-state index is -4.68. The molecule has 8 nitrogen and oxygen atoms in total. The molecule has 1 aliphatic heterocycles. The molecule has 0 radical (unpaired) electrons. The summed E-state index contributed by atoms with van der Waals surface area (Å²) in [6.07, 6.45) is -3.15. The highest BCUT2D eigenvalue weighted by Crippen LogP contribution is 2.36. The van der Waals surface area contributed by atoms with Crippen molar-refractivity contribution in [3.63, 3.8) is 0 Å². The third-order valence-electron chi connectivity index (χ3n) is 5.42. The number of anilines is 1. The zero-order chi connectivity index (χ0) is 23.8. The van der Waals surface area contributed by atoms with Crippen molar-refractivity contribution in [2.75, 3.05) is 31.1 Å². The Bertz CT molecular complexity index is 1250. The van der Waals surface area contributed by atoms with Crippen molar-refractivity contribution < 1.29 is 22.9 Å². The van der Waals surface area contributed by atoms with E-state index in [4.69, 9.17) is 12.2 Å². The quantitative estimate of drug-likeness (QED) is 0.341. The second-order valence-corrected chi connectivity index (χ2v) is 7.77. The van der Waals surface area contributed by atoms with E-state index in [1.807, 2.05) is 30.3 Å². The van der Waals surface area contributed by atoms with E-state index in [0.29, 0.717) is 16.5 Å². The maximum atomic E-state index is 13.2. The number of carbonyl (C=O) groups is 1. The monoisotopic (exact) mass is 477 g/mol. The molecule has 0 unspecified atom stereocenters. The van der Waals surface area contributed by atoms with Crippen molar-refractivity contribution in [2.45, 2.75) is 6.18 Å². The number of H-pyrrole nitrogens is 1. The molecule has 3 aromatic rings. The number of nitrogens with one attached hydrogen (secondary N) is 1. The third kappa shape index (κ3) is 4.46. The van der Waals surface area contributed by atoms with Crippen molar-refractivity contribution >= 4 is 29.5 Å². The van der Waals surface area contributed by atoms with Crippen molar-refractivity contribution in [3.8, 4) is 5.69 Å². The number of benzene rings is 2. The molecule has 0 atom stereocenters. The van der Waals surface area contributed by atoms with Crippen LogP contribution in [0.3, 0.4) is 0 Å². The number of imidazole rings is 1. The average molecular weight is 477 g/mol. The molecule has 1 amide bonds. The molecule has 2 aromatic carbocycles. The van der Waals surface area contributed by atoms with E-state index in [9.17, 15) is 28.1 Å². The summed E-state index contributed by atoms with van der Waals surface area (Å²) in [5.74, 6) is -0.271. The van der Waals surface area contributed by atoms with Gasteiger partial charge in [0, 0.05) is 44.1 Å². The Kier molecular flexibility index (Phi) is 5.93. The number of hydrogen-bond acceptors (Lipinski definition) is 5. The first-order valence-corrected chi connectivity index (χ1v) is 10.3. The van der Waals surface area contributed by atoms with Crippen LogP contribution in [-0.4, -0.2) is 51.5 Å². The normalized spacial score (nSPS) is 14.4. The number of carbonyl (C=O) groups excluding carboxylic acids is 1. The number of nitro groups is 1. The van der Waals surface area contributed by atoms with Crippen LogP contribution in [0.25, 0.3) is 5.69 Å². The lowest BCUT2D eigenvalue weighted by Crippen LogP contribution is -2.49. The van der Waals surface area contributed by atoms with Crippen molar-refractivity contribution in [3.05, 3.63) is 80.9 Å². The first-order chi connectivity index (χ1) is 15.7. The summed E-state index contributed by atoms with van der Waals surface area (Å²) in [4.78, 5) is 29.8. The number of rotatable bonds is 4. The molecule has 1 aliphatic rings. The minimum absolute atomic E-state index is 0.0916. The number of amides is 1. The Morgan fingerprint density at radius 1 is 1.06 bits per heavy atom. The van der Waals surface area contributed by atoms with E-state index in [0.717, 1.165) is 17.8 Å². The zero-order valence-corrected chi connectivity index (χ0v) is 17.9. The van der Waals surface area contributed by atoms with E-state index >= 15 is 0 Å². The largest absolute Gasteiger partial charge is 0.416 e. The summed E-state index contributed by atoms with van der Waals surface area (Å²) in [5.41, 5.74) is -0.530. The molecule has 1 fully saturated rings. The van der Waals surface area contributed by atoms with Gasteiger partial charge in [-0.15, -0.1) is 0 Å². The van der Waals surface area contributed by atoms with E-state index in [1.165, 1.54) is 6.20 Å². The molecule has 0 aliphatic carbocycles. The van der Waals surface area contributed by atoms with Gasteiger partial charge < -0.3 is 14.8 Å². The summed E-state index contributed by atoms with van der Waals surface area (Å²) in [7, 11) is 0. The van der Waals surface area contributed by atoms with Crippen molar-refractivity contribution in [2.24, 2.45) is 0 Å². The second kappa shape index (κ2) is 8.70. The summed E-state index contributed by atoms with van der Waals surface area (Å²) < 4.78 is 40.9. The fourth-order valence-corrected chi connectivity index (χ4v) is 4.05. The second-order valence-electron chi connectivity index (χ2n) is 7.39. The Hall–Kier alpha value is -3.67. The lowest BCUT2D eigenvalue weighted by Gasteiger charge is -2.35. The average Bonchev–Trinajstić information content (AvgIpc) is 3.19. The van der Waals surface area contributed by atoms with Gasteiger partial charge in [0.15, 0.2) is 4.77 Å². The zero-order valence-electron chi connectivity index (χ0n) is 17.1. The first-order valence-electron chi connectivity index (χ1n) is 9.92. The standard InChI is InChI=1S/C21H18F3N5O3S/c22-21(23,24)14-6-7-16(17(12-14)29(31)32)26-8-10-27(11-9-26)19(30)18-13-25-20(33)28(18)15-4-2-1-3-5-15/h1-7,12-13H,8-11H2,(H,25,33). The molecule has 1 aromatic heterocycles. The van der Waals surface area contributed by atoms with Crippen molar-refractivity contribution in [1.29, 1.82) is 0 Å². The number of para-hydroxylation sites is 1. The van der Waals surface area contributed by atoms with Crippen LogP contribution in [0.5, 0.6) is 0 Å². The van der Waals surface area contributed by atoms with Crippen LogP contribution in [0.4, 0.5) is 24.5 Å². The molecule has 12 heteroatoms. The molecule has 0 spiro atoms. The highest BCUT2D eigenvalue weighted by molar-refractivity contribution is 7.71. The minimum Gasteiger partial charge on any atom is -0.362 e. The van der Waals surface area contributed by atoms with Crippen LogP contribution in [0, 0.1) is 14.9 Å². The van der Waals surface area contributed by atoms with Crippen LogP contribution in [0.1, 0.15) is 16.1 Å². The van der Waals surface area contributed by atoms with Gasteiger partial charge in [0.25, 0.3) is 11.6 Å². The van der Waals surface area contributed by atoms with Crippen LogP contribution in [0.15, 0.2) is 54.7 Å². The van der Waals surface area contributed by atoms with Crippen LogP contribution < -0.4 is 4.90 Å². The summed E-state index contributed by atoms with van der Waals surface area (Å²) in [5, 5.41) is 11.4. The maximum Gasteiger partial charge on any atom is 0.416 e. The summed E-state index contributed by atoms with van der Waals surface area (Å²) >= 11 is 5.32. The van der Waals surface area contributed by atoms with Gasteiger partial charge in [-0.05, 0) is 36.5 Å². The fraction of sp³-hybridized carbons (Fsp3) is 0.238. The maximum absolute atomic E-state index is 13.2. The van der Waals surface area contributed by atoms with Crippen LogP contribution >= 0.6 is 12.2 Å². The molecular formula is C21H18F3N5O3S. The number of aromatic amines is 1. The van der Waals surface area contributed by atoms with E-state index in [-0.39, 0.29) is 37.8 Å². The number of alkyl halides is 3. The molecule has 0 saturated carbocycles. The Balaban J connectivity index is 1.53. The Morgan fingerprint density at radius 3 is 2.33 bits per heavy atom. The number of piperazine rings is 1. The molecule has 1 saturated heterocycles. The number of nitro benzene ring substituents is 1. The highest BCUT2D eigenvalue weighted by Gasteiger charge is 2.34. The third-order valence-corrected chi connectivity index (χ3v) is 5.72. The van der Waals surface area contributed by atoms with Gasteiger partial charge in [-0.2, -0.15) is 13.2 Å². The van der Waals surface area contributed by atoms with Gasteiger partial charge >= 0.3 is 6.18 Å². The molecule has 172 valence electrons. The Labute approximate surface area is 191 Å². The predicted molar refractivity (Wildman–Crippen MR) is 117 cm³/mol. The van der Waals surface area contributed by atoms with Gasteiger partial charge in [-0.3, -0.25) is 19.5 Å². The van der Waals surface area contributed by atoms with Gasteiger partial charge in [-0.1, -0.05) is 18.2 Å². The number of hydrogen-bond donors (Lipinski definition) is 1. The summed E-state index contributed by atoms with van der Waals surface area (Å²) in [6.45, 7) is 0.941. The van der Waals surface area contributed by atoms with E-state index in [1.54, 1.807) is 14.4 Å². The molecule has 0 bridgehead atoms. The molecular weight excluding hydrogens is 459 g/mol. The topological polar surface area (TPSA) is 87.4 Å². The molecule has 33 heavy (non-hydrogen) atoms. The van der Waals surface area contributed by atoms with Gasteiger partial charge in [0.05, 0.1) is 10.5 Å². The molecule has 2 heterocycles. The predicted octanol–water partition coefficient (Wildman–Crippen LogP) is 4.42. The SMILES string of the molecule is O=C(c1c[nH]c(=S)n1-c1ccccc1)N1CCN(c2ccc(C(F)(F)F)cc2[N+](=O)[O-])CC1. The lowest BCUT2D eigenvalue weighted by molar-refractivity contribution is -0.384. The molecule has 1 N–H and O–H groups in total. The van der Waals surface area contributed by atoms with Crippen LogP contribution in [0.2, 0.25) is 0 Å². The number of halogens is 3. The fourth-order valence-electron chi connectivity index (χ4n) is 3.79. The smallest absolute Gasteiger partial charge is 0.362 e. The highest BCUT2D eigenvalue weighted by atomic mass is 32.1. The lowest BCUT2D eigenvalue weighted by atomic mass is 10.1.